The van der Waals surface area contributed by atoms with Gasteiger partial charge in [-0.25, -0.2) is 0 Å². The summed E-state index contributed by atoms with van der Waals surface area (Å²) in [5.41, 5.74) is 0.309. The number of benzene rings is 1. The Kier molecular flexibility index (Phi) is 4.82. The number of anilines is 1. The van der Waals surface area contributed by atoms with Gasteiger partial charge in [0.25, 0.3) is 0 Å². The summed E-state index contributed by atoms with van der Waals surface area (Å²) in [6.45, 7) is 6.10. The van der Waals surface area contributed by atoms with E-state index in [-0.39, 0.29) is 29.7 Å². The number of ether oxygens (including phenoxy) is 2. The summed E-state index contributed by atoms with van der Waals surface area (Å²) in [5.74, 6) is 0.658. The summed E-state index contributed by atoms with van der Waals surface area (Å²) in [7, 11) is 3.12. The third-order valence-electron chi connectivity index (χ3n) is 3.67. The van der Waals surface area contributed by atoms with Crippen molar-refractivity contribution >= 4 is 17.5 Å². The van der Waals surface area contributed by atoms with E-state index < -0.39 is 0 Å². The molecule has 1 aromatic carbocycles. The van der Waals surface area contributed by atoms with Crippen LogP contribution in [-0.2, 0) is 9.59 Å². The SMILES string of the molecule is COc1ccc(OC)c(N2CC(C(=O)NC(C)(C)C)CC2=O)c1. The zero-order valence-corrected chi connectivity index (χ0v) is 14.3. The lowest BCUT2D eigenvalue weighted by atomic mass is 10.0. The Morgan fingerprint density at radius 2 is 1.96 bits per heavy atom. The number of hydrogen-bond donors (Lipinski definition) is 1. The van der Waals surface area contributed by atoms with Gasteiger partial charge < -0.3 is 19.7 Å². The molecule has 1 aromatic rings. The maximum atomic E-state index is 12.4. The molecule has 0 radical (unpaired) electrons. The Morgan fingerprint density at radius 1 is 1.26 bits per heavy atom. The zero-order valence-electron chi connectivity index (χ0n) is 14.3. The van der Waals surface area contributed by atoms with Crippen LogP contribution in [0.3, 0.4) is 0 Å². The molecule has 1 fully saturated rings. The molecule has 0 aromatic heterocycles. The lowest BCUT2D eigenvalue weighted by Gasteiger charge is -2.23. The molecule has 1 aliphatic heterocycles. The van der Waals surface area contributed by atoms with Crippen LogP contribution in [0.4, 0.5) is 5.69 Å². The minimum atomic E-state index is -0.363. The van der Waals surface area contributed by atoms with Crippen LogP contribution < -0.4 is 19.7 Å². The Hall–Kier alpha value is -2.24. The molecule has 0 saturated carbocycles. The second kappa shape index (κ2) is 6.48. The summed E-state index contributed by atoms with van der Waals surface area (Å²) in [5, 5.41) is 2.93. The van der Waals surface area contributed by atoms with E-state index in [1.165, 1.54) is 0 Å². The zero-order chi connectivity index (χ0) is 17.2. The van der Waals surface area contributed by atoms with Gasteiger partial charge in [-0.15, -0.1) is 0 Å². The molecule has 1 unspecified atom stereocenters. The summed E-state index contributed by atoms with van der Waals surface area (Å²) in [6, 6.07) is 5.28. The number of hydrogen-bond acceptors (Lipinski definition) is 4. The minimum Gasteiger partial charge on any atom is -0.497 e. The summed E-state index contributed by atoms with van der Waals surface area (Å²) in [4.78, 5) is 26.3. The molecule has 0 spiro atoms. The molecule has 0 bridgehead atoms. The van der Waals surface area contributed by atoms with Crippen LogP contribution in [0.25, 0.3) is 0 Å². The van der Waals surface area contributed by atoms with Gasteiger partial charge in [0.1, 0.15) is 11.5 Å². The van der Waals surface area contributed by atoms with Crippen LogP contribution in [0, 0.1) is 5.92 Å². The predicted molar refractivity (Wildman–Crippen MR) is 87.9 cm³/mol. The number of carbonyl (C=O) groups excluding carboxylic acids is 2. The van der Waals surface area contributed by atoms with Crippen LogP contribution in [-0.4, -0.2) is 38.1 Å². The van der Waals surface area contributed by atoms with Crippen molar-refractivity contribution in [2.45, 2.75) is 32.7 Å². The van der Waals surface area contributed by atoms with Gasteiger partial charge in [0, 0.05) is 24.6 Å². The fourth-order valence-electron chi connectivity index (χ4n) is 2.60. The highest BCUT2D eigenvalue weighted by molar-refractivity contribution is 6.01. The molecular weight excluding hydrogens is 296 g/mol. The van der Waals surface area contributed by atoms with E-state index in [0.29, 0.717) is 23.7 Å². The van der Waals surface area contributed by atoms with Crippen LogP contribution in [0.5, 0.6) is 11.5 Å². The molecule has 6 heteroatoms. The Balaban J connectivity index is 2.22. The second-order valence-corrected chi connectivity index (χ2v) is 6.68. The first kappa shape index (κ1) is 17.1. The number of nitrogens with one attached hydrogen (secondary N) is 1. The predicted octanol–water partition coefficient (Wildman–Crippen LogP) is 1.97. The normalized spacial score (nSPS) is 18.0. The molecule has 1 aliphatic rings. The van der Waals surface area contributed by atoms with E-state index in [1.807, 2.05) is 20.8 Å². The maximum absolute atomic E-state index is 12.4. The first-order valence-electron chi connectivity index (χ1n) is 7.59. The lowest BCUT2D eigenvalue weighted by Crippen LogP contribution is -2.44. The first-order chi connectivity index (χ1) is 10.7. The molecule has 1 N–H and O–H groups in total. The van der Waals surface area contributed by atoms with Crippen molar-refractivity contribution < 1.29 is 19.1 Å². The first-order valence-corrected chi connectivity index (χ1v) is 7.59. The highest BCUT2D eigenvalue weighted by atomic mass is 16.5. The quantitative estimate of drug-likeness (QED) is 0.921. The summed E-state index contributed by atoms with van der Waals surface area (Å²) >= 11 is 0. The standard InChI is InChI=1S/C17H24N2O4/c1-17(2,3)18-16(21)11-8-15(20)19(10-11)13-9-12(22-4)6-7-14(13)23-5/h6-7,9,11H,8,10H2,1-5H3,(H,18,21). The van der Waals surface area contributed by atoms with Gasteiger partial charge in [-0.05, 0) is 32.9 Å². The van der Waals surface area contributed by atoms with E-state index in [0.717, 1.165) is 0 Å². The topological polar surface area (TPSA) is 67.9 Å². The van der Waals surface area contributed by atoms with Crippen LogP contribution in [0.1, 0.15) is 27.2 Å². The van der Waals surface area contributed by atoms with Gasteiger partial charge in [0.2, 0.25) is 11.8 Å². The van der Waals surface area contributed by atoms with E-state index in [4.69, 9.17) is 9.47 Å². The van der Waals surface area contributed by atoms with Gasteiger partial charge in [0.05, 0.1) is 25.8 Å². The van der Waals surface area contributed by atoms with Gasteiger partial charge in [0.15, 0.2) is 0 Å². The highest BCUT2D eigenvalue weighted by Crippen LogP contribution is 2.36. The second-order valence-electron chi connectivity index (χ2n) is 6.68. The van der Waals surface area contributed by atoms with Crippen LogP contribution in [0.2, 0.25) is 0 Å². The van der Waals surface area contributed by atoms with Gasteiger partial charge >= 0.3 is 0 Å². The van der Waals surface area contributed by atoms with Crippen molar-refractivity contribution in [3.8, 4) is 11.5 Å². The van der Waals surface area contributed by atoms with E-state index in [9.17, 15) is 9.59 Å². The molecule has 0 aliphatic carbocycles. The Labute approximate surface area is 136 Å². The van der Waals surface area contributed by atoms with E-state index in [1.54, 1.807) is 37.3 Å². The number of nitrogens with zero attached hydrogens (tertiary/aromatic N) is 1. The Bertz CT molecular complexity index is 607. The molecular formula is C17H24N2O4. The number of amides is 2. The Morgan fingerprint density at radius 3 is 2.52 bits per heavy atom. The molecule has 1 saturated heterocycles. The number of carbonyl (C=O) groups is 2. The largest absolute Gasteiger partial charge is 0.497 e. The third-order valence-corrected chi connectivity index (χ3v) is 3.67. The molecule has 2 rings (SSSR count). The van der Waals surface area contributed by atoms with Crippen molar-refractivity contribution in [1.29, 1.82) is 0 Å². The van der Waals surface area contributed by atoms with E-state index >= 15 is 0 Å². The monoisotopic (exact) mass is 320 g/mol. The molecule has 126 valence electrons. The molecule has 6 nitrogen and oxygen atoms in total. The van der Waals surface area contributed by atoms with Crippen LogP contribution in [0.15, 0.2) is 18.2 Å². The summed E-state index contributed by atoms with van der Waals surface area (Å²) in [6.07, 6.45) is 0.197. The highest BCUT2D eigenvalue weighted by Gasteiger charge is 2.37. The smallest absolute Gasteiger partial charge is 0.227 e. The molecule has 23 heavy (non-hydrogen) atoms. The summed E-state index contributed by atoms with van der Waals surface area (Å²) < 4.78 is 10.5. The third kappa shape index (κ3) is 3.94. The molecule has 1 heterocycles. The number of rotatable bonds is 4. The van der Waals surface area contributed by atoms with Gasteiger partial charge in [-0.1, -0.05) is 0 Å². The van der Waals surface area contributed by atoms with Crippen molar-refractivity contribution in [1.82, 2.24) is 5.32 Å². The number of methoxy groups -OCH3 is 2. The average Bonchev–Trinajstić information content (AvgIpc) is 2.87. The molecule has 1 atom stereocenters. The lowest BCUT2D eigenvalue weighted by molar-refractivity contribution is -0.127. The van der Waals surface area contributed by atoms with Gasteiger partial charge in [-0.2, -0.15) is 0 Å². The van der Waals surface area contributed by atoms with E-state index in [2.05, 4.69) is 5.32 Å². The fourth-order valence-corrected chi connectivity index (χ4v) is 2.60. The fraction of sp³-hybridized carbons (Fsp3) is 0.529. The minimum absolute atomic E-state index is 0.0920. The van der Waals surface area contributed by atoms with Crippen molar-refractivity contribution in [2.75, 3.05) is 25.7 Å². The van der Waals surface area contributed by atoms with Crippen molar-refractivity contribution in [3.63, 3.8) is 0 Å². The van der Waals surface area contributed by atoms with Crippen molar-refractivity contribution in [3.05, 3.63) is 18.2 Å². The van der Waals surface area contributed by atoms with Crippen molar-refractivity contribution in [2.24, 2.45) is 5.92 Å². The average molecular weight is 320 g/mol. The van der Waals surface area contributed by atoms with Crippen LogP contribution >= 0.6 is 0 Å². The van der Waals surface area contributed by atoms with Gasteiger partial charge in [-0.3, -0.25) is 9.59 Å². The molecule has 2 amide bonds. The maximum Gasteiger partial charge on any atom is 0.227 e.